The number of hydrogen-bond donors (Lipinski definition) is 1. The molecule has 0 aliphatic rings. The molecular weight excluding hydrogens is 246 g/mol. The van der Waals surface area contributed by atoms with Crippen molar-refractivity contribution >= 4 is 0 Å². The second kappa shape index (κ2) is 6.47. The zero-order valence-corrected chi connectivity index (χ0v) is 12.2. The monoisotopic (exact) mass is 270 g/mol. The molecule has 0 saturated heterocycles. The maximum atomic E-state index is 13.0. The van der Waals surface area contributed by atoms with Crippen molar-refractivity contribution in [1.29, 1.82) is 0 Å². The van der Waals surface area contributed by atoms with E-state index in [2.05, 4.69) is 13.8 Å². The molecule has 1 rings (SSSR count). The molecule has 0 bridgehead atoms. The van der Waals surface area contributed by atoms with Crippen molar-refractivity contribution in [3.63, 3.8) is 0 Å². The third kappa shape index (κ3) is 3.53. The van der Waals surface area contributed by atoms with Crippen LogP contribution in [-0.4, -0.2) is 11.5 Å². The molecule has 1 aromatic carbocycles. The number of hydrogen-bond acceptors (Lipinski definition) is 1. The van der Waals surface area contributed by atoms with Gasteiger partial charge in [-0.15, -0.1) is 0 Å². The van der Waals surface area contributed by atoms with Gasteiger partial charge >= 0.3 is 0 Å². The van der Waals surface area contributed by atoms with Crippen molar-refractivity contribution in [3.05, 3.63) is 35.4 Å². The number of aliphatic hydroxyl groups is 1. The fourth-order valence-corrected chi connectivity index (χ4v) is 2.42. The lowest BCUT2D eigenvalue weighted by Gasteiger charge is -2.32. The molecule has 3 atom stereocenters. The van der Waals surface area contributed by atoms with Gasteiger partial charge in [0.2, 0.25) is 6.43 Å². The third-order valence-corrected chi connectivity index (χ3v) is 4.14. The van der Waals surface area contributed by atoms with Crippen molar-refractivity contribution < 1.29 is 13.9 Å². The molecule has 1 N–H and O–H groups in total. The Labute approximate surface area is 114 Å². The summed E-state index contributed by atoms with van der Waals surface area (Å²) in [5.41, 5.74) is 0.246. The molecule has 0 radical (unpaired) electrons. The summed E-state index contributed by atoms with van der Waals surface area (Å²) in [5.74, 6) is -0.599. The van der Waals surface area contributed by atoms with Gasteiger partial charge in [0.25, 0.3) is 0 Å². The zero-order chi connectivity index (χ0) is 14.6. The van der Waals surface area contributed by atoms with Crippen molar-refractivity contribution in [2.45, 2.75) is 58.5 Å². The first-order valence-electron chi connectivity index (χ1n) is 6.95. The highest BCUT2D eigenvalue weighted by Gasteiger charge is 2.38. The molecular formula is C16H24F2O. The van der Waals surface area contributed by atoms with Crippen LogP contribution in [0.4, 0.5) is 8.78 Å². The summed E-state index contributed by atoms with van der Waals surface area (Å²) in [6.07, 6.45) is -1.24. The standard InChI is InChI=1S/C16H24F2O/c1-5-11(3)12-7-9-13(10-8-12)16(4,19)14(6-2)15(17)18/h7-11,14-15,19H,5-6H2,1-4H3. The highest BCUT2D eigenvalue weighted by atomic mass is 19.3. The second-order valence-corrected chi connectivity index (χ2v) is 5.43. The Morgan fingerprint density at radius 3 is 2.00 bits per heavy atom. The van der Waals surface area contributed by atoms with Crippen molar-refractivity contribution in [2.75, 3.05) is 0 Å². The number of rotatable bonds is 6. The molecule has 3 unspecified atom stereocenters. The predicted molar refractivity (Wildman–Crippen MR) is 74.5 cm³/mol. The van der Waals surface area contributed by atoms with Crippen LogP contribution in [0.2, 0.25) is 0 Å². The lowest BCUT2D eigenvalue weighted by atomic mass is 9.81. The van der Waals surface area contributed by atoms with Gasteiger partial charge in [-0.2, -0.15) is 0 Å². The molecule has 1 aromatic rings. The molecule has 0 fully saturated rings. The minimum Gasteiger partial charge on any atom is -0.385 e. The average Bonchev–Trinajstić information content (AvgIpc) is 2.38. The molecule has 0 heterocycles. The Morgan fingerprint density at radius 1 is 1.11 bits per heavy atom. The molecule has 0 aromatic heterocycles. The molecule has 0 aliphatic heterocycles. The fraction of sp³-hybridized carbons (Fsp3) is 0.625. The zero-order valence-electron chi connectivity index (χ0n) is 12.2. The third-order valence-electron chi connectivity index (χ3n) is 4.14. The first-order valence-corrected chi connectivity index (χ1v) is 6.95. The summed E-state index contributed by atoms with van der Waals surface area (Å²) in [6, 6.07) is 7.39. The minimum absolute atomic E-state index is 0.248. The van der Waals surface area contributed by atoms with Crippen molar-refractivity contribution in [3.8, 4) is 0 Å². The normalized spacial score (nSPS) is 18.1. The lowest BCUT2D eigenvalue weighted by molar-refractivity contribution is -0.0798. The number of halogens is 2. The summed E-state index contributed by atoms with van der Waals surface area (Å²) in [4.78, 5) is 0. The molecule has 0 amide bonds. The highest BCUT2D eigenvalue weighted by molar-refractivity contribution is 5.29. The quantitative estimate of drug-likeness (QED) is 0.794. The van der Waals surface area contributed by atoms with E-state index in [9.17, 15) is 13.9 Å². The van der Waals surface area contributed by atoms with Crippen LogP contribution in [0.15, 0.2) is 24.3 Å². The van der Waals surface area contributed by atoms with Gasteiger partial charge in [-0.1, -0.05) is 45.0 Å². The van der Waals surface area contributed by atoms with E-state index in [1.54, 1.807) is 19.1 Å². The first-order chi connectivity index (χ1) is 8.84. The predicted octanol–water partition coefficient (Wildman–Crippen LogP) is 4.70. The van der Waals surface area contributed by atoms with Gasteiger partial charge in [0, 0.05) is 0 Å². The van der Waals surface area contributed by atoms with E-state index in [-0.39, 0.29) is 6.42 Å². The molecule has 1 nitrogen and oxygen atoms in total. The molecule has 19 heavy (non-hydrogen) atoms. The summed E-state index contributed by atoms with van der Waals surface area (Å²) >= 11 is 0. The van der Waals surface area contributed by atoms with Crippen LogP contribution >= 0.6 is 0 Å². The average molecular weight is 270 g/mol. The van der Waals surface area contributed by atoms with Crippen molar-refractivity contribution in [2.24, 2.45) is 5.92 Å². The summed E-state index contributed by atoms with van der Waals surface area (Å²) in [7, 11) is 0. The molecule has 108 valence electrons. The molecule has 0 saturated carbocycles. The topological polar surface area (TPSA) is 20.2 Å². The Bertz CT molecular complexity index is 384. The van der Waals surface area contributed by atoms with Gasteiger partial charge < -0.3 is 5.11 Å². The van der Waals surface area contributed by atoms with E-state index in [1.807, 2.05) is 12.1 Å². The smallest absolute Gasteiger partial charge is 0.244 e. The van der Waals surface area contributed by atoms with E-state index in [0.717, 1.165) is 6.42 Å². The number of benzene rings is 1. The van der Waals surface area contributed by atoms with E-state index in [1.165, 1.54) is 12.5 Å². The van der Waals surface area contributed by atoms with Gasteiger partial charge in [0.05, 0.1) is 11.5 Å². The van der Waals surface area contributed by atoms with Crippen LogP contribution in [-0.2, 0) is 5.60 Å². The fourth-order valence-electron chi connectivity index (χ4n) is 2.42. The molecule has 0 aliphatic carbocycles. The Balaban J connectivity index is 3.01. The molecule has 0 spiro atoms. The van der Waals surface area contributed by atoms with Gasteiger partial charge in [-0.05, 0) is 36.8 Å². The molecule has 3 heteroatoms. The van der Waals surface area contributed by atoms with Crippen LogP contribution in [0.1, 0.15) is 57.6 Å². The maximum Gasteiger partial charge on any atom is 0.244 e. The van der Waals surface area contributed by atoms with Gasteiger partial charge in [-0.3, -0.25) is 0 Å². The van der Waals surface area contributed by atoms with Gasteiger partial charge in [0.1, 0.15) is 0 Å². The summed E-state index contributed by atoms with van der Waals surface area (Å²) in [5, 5.41) is 10.4. The Kier molecular flexibility index (Phi) is 5.48. The van der Waals surface area contributed by atoms with Crippen LogP contribution in [0.3, 0.4) is 0 Å². The second-order valence-electron chi connectivity index (χ2n) is 5.43. The Hall–Kier alpha value is -0.960. The van der Waals surface area contributed by atoms with Crippen LogP contribution in [0, 0.1) is 5.92 Å². The number of alkyl halides is 2. The maximum absolute atomic E-state index is 13.0. The minimum atomic E-state index is -2.52. The van der Waals surface area contributed by atoms with Gasteiger partial charge in [-0.25, -0.2) is 8.78 Å². The lowest BCUT2D eigenvalue weighted by Crippen LogP contribution is -2.36. The SMILES string of the molecule is CCC(C)c1ccc(C(C)(O)C(CC)C(F)F)cc1. The van der Waals surface area contributed by atoms with Crippen LogP contribution in [0.25, 0.3) is 0 Å². The summed E-state index contributed by atoms with van der Waals surface area (Å²) < 4.78 is 26.0. The highest BCUT2D eigenvalue weighted by Crippen LogP contribution is 2.36. The summed E-state index contributed by atoms with van der Waals surface area (Å²) in [6.45, 7) is 7.39. The Morgan fingerprint density at radius 2 is 1.63 bits per heavy atom. The largest absolute Gasteiger partial charge is 0.385 e. The van der Waals surface area contributed by atoms with E-state index < -0.39 is 17.9 Å². The van der Waals surface area contributed by atoms with Gasteiger partial charge in [0.15, 0.2) is 0 Å². The van der Waals surface area contributed by atoms with E-state index in [4.69, 9.17) is 0 Å². The van der Waals surface area contributed by atoms with E-state index in [0.29, 0.717) is 11.5 Å². The van der Waals surface area contributed by atoms with E-state index >= 15 is 0 Å². The van der Waals surface area contributed by atoms with Crippen LogP contribution < -0.4 is 0 Å². The first kappa shape index (κ1) is 16.1. The van der Waals surface area contributed by atoms with Crippen LogP contribution in [0.5, 0.6) is 0 Å². The van der Waals surface area contributed by atoms with Crippen molar-refractivity contribution in [1.82, 2.24) is 0 Å².